The summed E-state index contributed by atoms with van der Waals surface area (Å²) in [6, 6.07) is 11.8. The number of hydrogen-bond acceptors (Lipinski definition) is 5. The molecule has 1 aliphatic carbocycles. The summed E-state index contributed by atoms with van der Waals surface area (Å²) >= 11 is 0. The Morgan fingerprint density at radius 3 is 2.50 bits per heavy atom. The fraction of sp³-hybridized carbons (Fsp3) is 0.552. The quantitative estimate of drug-likeness (QED) is 0.493. The Labute approximate surface area is 225 Å². The zero-order chi connectivity index (χ0) is 26.9. The molecule has 206 valence electrons. The van der Waals surface area contributed by atoms with Gasteiger partial charge in [-0.3, -0.25) is 4.90 Å². The van der Waals surface area contributed by atoms with Gasteiger partial charge in [-0.25, -0.2) is 17.6 Å². The largest absolute Gasteiger partial charge is 0.448 e. The van der Waals surface area contributed by atoms with E-state index < -0.39 is 34.0 Å². The molecule has 38 heavy (non-hydrogen) atoms. The number of amides is 1. The lowest BCUT2D eigenvalue weighted by Crippen LogP contribution is -2.55. The molecule has 0 bridgehead atoms. The van der Waals surface area contributed by atoms with Crippen LogP contribution in [0.5, 0.6) is 0 Å². The number of hydrogen-bond donors (Lipinski definition) is 0. The van der Waals surface area contributed by atoms with Gasteiger partial charge in [0.1, 0.15) is 12.4 Å². The van der Waals surface area contributed by atoms with E-state index in [1.807, 2.05) is 13.8 Å². The van der Waals surface area contributed by atoms with Crippen LogP contribution in [0.1, 0.15) is 56.2 Å². The van der Waals surface area contributed by atoms with Crippen molar-refractivity contribution in [3.05, 3.63) is 65.5 Å². The summed E-state index contributed by atoms with van der Waals surface area (Å²) in [5.74, 6) is 0.401. The molecular formula is C29H38FN3O4S. The number of sulfonamides is 1. The highest BCUT2D eigenvalue weighted by Gasteiger charge is 2.42. The van der Waals surface area contributed by atoms with Crippen LogP contribution in [0, 0.1) is 18.7 Å². The van der Waals surface area contributed by atoms with E-state index in [2.05, 4.69) is 4.90 Å². The molecule has 2 saturated heterocycles. The van der Waals surface area contributed by atoms with Crippen molar-refractivity contribution in [3.8, 4) is 0 Å². The first kappa shape index (κ1) is 27.1. The molecule has 9 heteroatoms. The molecule has 3 atom stereocenters. The van der Waals surface area contributed by atoms with E-state index in [4.69, 9.17) is 4.74 Å². The summed E-state index contributed by atoms with van der Waals surface area (Å²) in [5, 5.41) is 0. The van der Waals surface area contributed by atoms with Crippen molar-refractivity contribution in [1.29, 1.82) is 0 Å². The molecule has 1 unspecified atom stereocenters. The number of carbonyl (C=O) groups excluding carboxylic acids is 1. The number of halogens is 1. The van der Waals surface area contributed by atoms with Crippen LogP contribution >= 0.6 is 0 Å². The first-order valence-corrected chi connectivity index (χ1v) is 15.2. The molecule has 1 amide bonds. The van der Waals surface area contributed by atoms with E-state index in [1.54, 1.807) is 41.3 Å². The third-order valence-electron chi connectivity index (χ3n) is 8.07. The number of piperazine rings is 1. The molecule has 0 N–H and O–H groups in total. The van der Waals surface area contributed by atoms with E-state index in [9.17, 15) is 17.6 Å². The average Bonchev–Trinajstić information content (AvgIpc) is 3.71. The van der Waals surface area contributed by atoms with Gasteiger partial charge < -0.3 is 9.64 Å². The molecule has 3 aliphatic rings. The van der Waals surface area contributed by atoms with Crippen LogP contribution < -0.4 is 0 Å². The van der Waals surface area contributed by atoms with Crippen molar-refractivity contribution >= 4 is 16.1 Å². The minimum absolute atomic E-state index is 0.0359. The topological polar surface area (TPSA) is 70.2 Å². The summed E-state index contributed by atoms with van der Waals surface area (Å²) in [6.45, 7) is 7.26. The second kappa shape index (κ2) is 11.3. The fourth-order valence-electron chi connectivity index (χ4n) is 5.82. The van der Waals surface area contributed by atoms with Gasteiger partial charge in [-0.15, -0.1) is 0 Å². The monoisotopic (exact) mass is 543 g/mol. The summed E-state index contributed by atoms with van der Waals surface area (Å²) < 4.78 is 49.4. The second-order valence-corrected chi connectivity index (χ2v) is 13.0. The minimum Gasteiger partial charge on any atom is -0.448 e. The van der Waals surface area contributed by atoms with Crippen LogP contribution in [0.3, 0.4) is 0 Å². The van der Waals surface area contributed by atoms with Crippen LogP contribution in [0.25, 0.3) is 0 Å². The first-order chi connectivity index (χ1) is 18.2. The second-order valence-electron chi connectivity index (χ2n) is 11.1. The molecule has 5 rings (SSSR count). The molecule has 2 heterocycles. The summed E-state index contributed by atoms with van der Waals surface area (Å²) in [4.78, 5) is 17.5. The van der Waals surface area contributed by atoms with Gasteiger partial charge in [0.25, 0.3) is 0 Å². The van der Waals surface area contributed by atoms with Crippen molar-refractivity contribution in [2.45, 2.75) is 69.0 Å². The van der Waals surface area contributed by atoms with Gasteiger partial charge in [-0.05, 0) is 81.7 Å². The zero-order valence-corrected chi connectivity index (χ0v) is 23.1. The predicted molar refractivity (Wildman–Crippen MR) is 144 cm³/mol. The maximum Gasteiger partial charge on any atom is 0.410 e. The molecular weight excluding hydrogens is 505 g/mol. The van der Waals surface area contributed by atoms with Crippen LogP contribution in [0.4, 0.5) is 9.18 Å². The molecule has 2 aromatic carbocycles. The van der Waals surface area contributed by atoms with Gasteiger partial charge in [0.2, 0.25) is 10.0 Å². The molecule has 3 fully saturated rings. The Bertz CT molecular complexity index is 1230. The molecule has 7 nitrogen and oxygen atoms in total. The van der Waals surface area contributed by atoms with Gasteiger partial charge in [0.05, 0.1) is 17.0 Å². The molecule has 2 aliphatic heterocycles. The number of aryl methyl sites for hydroxylation is 1. The van der Waals surface area contributed by atoms with Crippen molar-refractivity contribution in [3.63, 3.8) is 0 Å². The smallest absolute Gasteiger partial charge is 0.410 e. The maximum atomic E-state index is 14.2. The van der Waals surface area contributed by atoms with Crippen LogP contribution in [-0.2, 0) is 14.8 Å². The Morgan fingerprint density at radius 1 is 1.05 bits per heavy atom. The van der Waals surface area contributed by atoms with Crippen molar-refractivity contribution in [2.24, 2.45) is 5.92 Å². The van der Waals surface area contributed by atoms with Crippen LogP contribution in [0.2, 0.25) is 0 Å². The van der Waals surface area contributed by atoms with Gasteiger partial charge in [-0.2, -0.15) is 4.31 Å². The average molecular weight is 544 g/mol. The molecule has 0 radical (unpaired) electrons. The highest BCUT2D eigenvalue weighted by molar-refractivity contribution is 7.89. The van der Waals surface area contributed by atoms with Gasteiger partial charge in [0.15, 0.2) is 0 Å². The lowest BCUT2D eigenvalue weighted by Gasteiger charge is -2.42. The standard InChI is InChI=1S/C29H38FN3O4S/c1-21-9-13-27(14-10-21)38(35,36)33-26(7-4-8-28(33)24-5-3-6-25(30)17-24)20-37-29(34)32-16-15-31(18-22(32)2)19-23-11-12-23/h3,5-6,9-10,13-14,17,22-23,26,28H,4,7-8,11-12,15-16,18-20H2,1-2H3/t22?,26-,28+/m1/s1. The number of carbonyl (C=O) groups is 1. The number of nitrogens with zero attached hydrogens (tertiary/aromatic N) is 3. The third kappa shape index (κ3) is 6.05. The minimum atomic E-state index is -3.94. The highest BCUT2D eigenvalue weighted by atomic mass is 32.2. The van der Waals surface area contributed by atoms with Crippen LogP contribution in [-0.4, -0.2) is 73.5 Å². The third-order valence-corrected chi connectivity index (χ3v) is 10.0. The molecule has 0 aromatic heterocycles. The van der Waals surface area contributed by atoms with E-state index in [0.717, 1.165) is 37.5 Å². The lowest BCUT2D eigenvalue weighted by atomic mass is 9.93. The summed E-state index contributed by atoms with van der Waals surface area (Å²) in [7, 11) is -3.94. The normalized spacial score (nSPS) is 25.3. The predicted octanol–water partition coefficient (Wildman–Crippen LogP) is 4.97. The Balaban J connectivity index is 1.34. The number of piperidine rings is 1. The van der Waals surface area contributed by atoms with Crippen molar-refractivity contribution < 1.29 is 22.3 Å². The number of rotatable bonds is 7. The van der Waals surface area contributed by atoms with Crippen molar-refractivity contribution in [1.82, 2.24) is 14.1 Å². The van der Waals surface area contributed by atoms with Gasteiger partial charge >= 0.3 is 6.09 Å². The summed E-state index contributed by atoms with van der Waals surface area (Å²) in [6.07, 6.45) is 4.09. The van der Waals surface area contributed by atoms with E-state index in [-0.39, 0.29) is 17.5 Å². The van der Waals surface area contributed by atoms with E-state index in [0.29, 0.717) is 24.9 Å². The Hall–Kier alpha value is -2.49. The lowest BCUT2D eigenvalue weighted by molar-refractivity contribution is 0.0318. The molecule has 1 saturated carbocycles. The SMILES string of the molecule is Cc1ccc(S(=O)(=O)N2[C@@H](COC(=O)N3CCN(CC4CC4)CC3C)CCC[C@H]2c2cccc(F)c2)cc1. The molecule has 2 aromatic rings. The van der Waals surface area contributed by atoms with Crippen LogP contribution in [0.15, 0.2) is 53.4 Å². The fourth-order valence-corrected chi connectivity index (χ4v) is 7.67. The first-order valence-electron chi connectivity index (χ1n) is 13.7. The van der Waals surface area contributed by atoms with E-state index in [1.165, 1.54) is 29.3 Å². The highest BCUT2D eigenvalue weighted by Crippen LogP contribution is 2.39. The van der Waals surface area contributed by atoms with Gasteiger partial charge in [-0.1, -0.05) is 29.8 Å². The Kier molecular flexibility index (Phi) is 8.07. The molecule has 0 spiro atoms. The Morgan fingerprint density at radius 2 is 1.82 bits per heavy atom. The van der Waals surface area contributed by atoms with Gasteiger partial charge in [0, 0.05) is 32.2 Å². The summed E-state index contributed by atoms with van der Waals surface area (Å²) in [5.41, 5.74) is 1.57. The van der Waals surface area contributed by atoms with E-state index >= 15 is 0 Å². The number of benzene rings is 2. The zero-order valence-electron chi connectivity index (χ0n) is 22.3. The maximum absolute atomic E-state index is 14.2. The number of ether oxygens (including phenoxy) is 1. The van der Waals surface area contributed by atoms with Crippen molar-refractivity contribution in [2.75, 3.05) is 32.8 Å².